The number of fused-ring (bicyclic) bond motifs is 2. The molecule has 0 aliphatic carbocycles. The van der Waals surface area contributed by atoms with Crippen LogP contribution in [0.5, 0.6) is 0 Å². The highest BCUT2D eigenvalue weighted by Crippen LogP contribution is 2.31. The van der Waals surface area contributed by atoms with Crippen LogP contribution in [-0.4, -0.2) is 36.7 Å². The minimum absolute atomic E-state index is 0.324. The average Bonchev–Trinajstić information content (AvgIpc) is 2.72. The topological polar surface area (TPSA) is 38.5 Å². The van der Waals surface area contributed by atoms with Gasteiger partial charge in [0.2, 0.25) is 0 Å². The Kier molecular flexibility index (Phi) is 3.71. The van der Waals surface area contributed by atoms with E-state index in [-0.39, 0.29) is 0 Å². The van der Waals surface area contributed by atoms with E-state index in [9.17, 15) is 0 Å². The van der Waals surface area contributed by atoms with Crippen LogP contribution < -0.4 is 5.73 Å². The van der Waals surface area contributed by atoms with Gasteiger partial charge in [0.25, 0.3) is 0 Å². The molecular formula is C14H19BrN2O. The van der Waals surface area contributed by atoms with Crippen molar-refractivity contribution in [2.24, 2.45) is 5.73 Å². The smallest absolute Gasteiger partial charge is 0.0707 e. The summed E-state index contributed by atoms with van der Waals surface area (Å²) in [6.45, 7) is 2.71. The molecule has 0 saturated carbocycles. The summed E-state index contributed by atoms with van der Waals surface area (Å²) >= 11 is 3.48. The van der Waals surface area contributed by atoms with Gasteiger partial charge in [-0.1, -0.05) is 28.1 Å². The number of morpholine rings is 1. The van der Waals surface area contributed by atoms with Crippen molar-refractivity contribution in [1.82, 2.24) is 4.90 Å². The van der Waals surface area contributed by atoms with Gasteiger partial charge in [-0.05, 0) is 30.5 Å². The van der Waals surface area contributed by atoms with Gasteiger partial charge in [0.1, 0.15) is 0 Å². The van der Waals surface area contributed by atoms with Crippen LogP contribution in [0.25, 0.3) is 0 Å². The molecule has 3 unspecified atom stereocenters. The van der Waals surface area contributed by atoms with E-state index in [1.54, 1.807) is 0 Å². The molecule has 2 fully saturated rings. The van der Waals surface area contributed by atoms with Crippen LogP contribution in [0, 0.1) is 0 Å². The Bertz CT molecular complexity index is 397. The van der Waals surface area contributed by atoms with E-state index in [1.807, 2.05) is 0 Å². The summed E-state index contributed by atoms with van der Waals surface area (Å²) in [7, 11) is 0. The van der Waals surface area contributed by atoms with Crippen LogP contribution in [0.15, 0.2) is 28.7 Å². The third kappa shape index (κ3) is 2.48. The molecule has 1 aromatic rings. The number of hydrogen-bond donors (Lipinski definition) is 1. The summed E-state index contributed by atoms with van der Waals surface area (Å²) in [4.78, 5) is 2.50. The molecule has 2 saturated heterocycles. The molecule has 0 radical (unpaired) electrons. The molecule has 2 bridgehead atoms. The molecular weight excluding hydrogens is 292 g/mol. The van der Waals surface area contributed by atoms with E-state index in [0.717, 1.165) is 17.6 Å². The van der Waals surface area contributed by atoms with Crippen molar-refractivity contribution in [2.75, 3.05) is 19.6 Å². The SMILES string of the molecule is NCC(c1ccc(Br)cc1)N1CC2CCC(C1)O2. The Hall–Kier alpha value is -0.420. The Labute approximate surface area is 116 Å². The quantitative estimate of drug-likeness (QED) is 0.931. The van der Waals surface area contributed by atoms with Gasteiger partial charge in [0.15, 0.2) is 0 Å². The van der Waals surface area contributed by atoms with Crippen molar-refractivity contribution >= 4 is 15.9 Å². The first-order valence-electron chi connectivity index (χ1n) is 6.61. The predicted octanol–water partition coefficient (Wildman–Crippen LogP) is 2.31. The van der Waals surface area contributed by atoms with E-state index in [0.29, 0.717) is 24.8 Å². The van der Waals surface area contributed by atoms with Gasteiger partial charge in [-0.25, -0.2) is 0 Å². The highest BCUT2D eigenvalue weighted by Gasteiger charge is 2.36. The molecule has 2 aliphatic heterocycles. The molecule has 3 atom stereocenters. The molecule has 98 valence electrons. The summed E-state index contributed by atoms with van der Waals surface area (Å²) < 4.78 is 7.00. The summed E-state index contributed by atoms with van der Waals surface area (Å²) in [5.74, 6) is 0. The third-order valence-electron chi connectivity index (χ3n) is 3.99. The van der Waals surface area contributed by atoms with Crippen molar-refractivity contribution in [3.8, 4) is 0 Å². The van der Waals surface area contributed by atoms with Crippen LogP contribution in [0.4, 0.5) is 0 Å². The van der Waals surface area contributed by atoms with Gasteiger partial charge in [-0.2, -0.15) is 0 Å². The van der Waals surface area contributed by atoms with E-state index in [4.69, 9.17) is 10.5 Å². The first-order valence-corrected chi connectivity index (χ1v) is 7.40. The lowest BCUT2D eigenvalue weighted by molar-refractivity contribution is -0.0521. The summed E-state index contributed by atoms with van der Waals surface area (Å²) in [6, 6.07) is 8.84. The Balaban J connectivity index is 1.77. The standard InChI is InChI=1S/C14H19BrN2O/c15-11-3-1-10(2-4-11)14(7-16)17-8-12-5-6-13(9-17)18-12/h1-4,12-14H,5-9,16H2. The molecule has 0 spiro atoms. The van der Waals surface area contributed by atoms with Gasteiger partial charge in [-0.3, -0.25) is 4.90 Å². The lowest BCUT2D eigenvalue weighted by Crippen LogP contribution is -2.46. The first kappa shape index (κ1) is 12.6. The number of nitrogens with two attached hydrogens (primary N) is 1. The number of rotatable bonds is 3. The largest absolute Gasteiger partial charge is 0.372 e. The van der Waals surface area contributed by atoms with Crippen molar-refractivity contribution in [3.63, 3.8) is 0 Å². The Morgan fingerprint density at radius 3 is 2.39 bits per heavy atom. The average molecular weight is 311 g/mol. The van der Waals surface area contributed by atoms with Crippen LogP contribution in [0.3, 0.4) is 0 Å². The van der Waals surface area contributed by atoms with Crippen molar-refractivity contribution in [1.29, 1.82) is 0 Å². The van der Waals surface area contributed by atoms with Gasteiger partial charge in [-0.15, -0.1) is 0 Å². The molecule has 3 nitrogen and oxygen atoms in total. The molecule has 0 amide bonds. The van der Waals surface area contributed by atoms with E-state index >= 15 is 0 Å². The highest BCUT2D eigenvalue weighted by atomic mass is 79.9. The van der Waals surface area contributed by atoms with Crippen LogP contribution in [-0.2, 0) is 4.74 Å². The number of hydrogen-bond acceptors (Lipinski definition) is 3. The lowest BCUT2D eigenvalue weighted by Gasteiger charge is -2.37. The molecule has 2 N–H and O–H groups in total. The van der Waals surface area contributed by atoms with Gasteiger partial charge >= 0.3 is 0 Å². The molecule has 2 heterocycles. The fraction of sp³-hybridized carbons (Fsp3) is 0.571. The number of likely N-dealkylation sites (tertiary alicyclic amines) is 1. The number of halogens is 1. The molecule has 0 aromatic heterocycles. The van der Waals surface area contributed by atoms with Crippen LogP contribution >= 0.6 is 15.9 Å². The zero-order valence-electron chi connectivity index (χ0n) is 10.4. The summed E-state index contributed by atoms with van der Waals surface area (Å²) in [6.07, 6.45) is 3.26. The Morgan fingerprint density at radius 1 is 1.22 bits per heavy atom. The maximum Gasteiger partial charge on any atom is 0.0707 e. The zero-order chi connectivity index (χ0) is 12.5. The normalized spacial score (nSPS) is 29.4. The molecule has 3 rings (SSSR count). The molecule has 18 heavy (non-hydrogen) atoms. The molecule has 2 aliphatic rings. The molecule has 4 heteroatoms. The zero-order valence-corrected chi connectivity index (χ0v) is 12.0. The summed E-state index contributed by atoms with van der Waals surface area (Å²) in [5.41, 5.74) is 7.30. The van der Waals surface area contributed by atoms with Crippen LogP contribution in [0.2, 0.25) is 0 Å². The Morgan fingerprint density at radius 2 is 1.83 bits per heavy atom. The summed E-state index contributed by atoms with van der Waals surface area (Å²) in [5, 5.41) is 0. The van der Waals surface area contributed by atoms with Crippen molar-refractivity contribution < 1.29 is 4.74 Å². The molecule has 1 aromatic carbocycles. The number of ether oxygens (including phenoxy) is 1. The minimum Gasteiger partial charge on any atom is -0.372 e. The van der Waals surface area contributed by atoms with Crippen molar-refractivity contribution in [3.05, 3.63) is 34.3 Å². The van der Waals surface area contributed by atoms with Gasteiger partial charge in [0.05, 0.1) is 12.2 Å². The monoisotopic (exact) mass is 310 g/mol. The second-order valence-electron chi connectivity index (χ2n) is 5.21. The van der Waals surface area contributed by atoms with E-state index in [2.05, 4.69) is 45.1 Å². The predicted molar refractivity (Wildman–Crippen MR) is 75.4 cm³/mol. The first-order chi connectivity index (χ1) is 8.76. The van der Waals surface area contributed by atoms with E-state index in [1.165, 1.54) is 18.4 Å². The van der Waals surface area contributed by atoms with Crippen molar-refractivity contribution in [2.45, 2.75) is 31.1 Å². The second-order valence-corrected chi connectivity index (χ2v) is 6.13. The fourth-order valence-electron chi connectivity index (χ4n) is 3.08. The van der Waals surface area contributed by atoms with Gasteiger partial charge < -0.3 is 10.5 Å². The number of benzene rings is 1. The fourth-order valence-corrected chi connectivity index (χ4v) is 3.35. The maximum absolute atomic E-state index is 5.99. The highest BCUT2D eigenvalue weighted by molar-refractivity contribution is 9.10. The lowest BCUT2D eigenvalue weighted by atomic mass is 10.0. The van der Waals surface area contributed by atoms with E-state index < -0.39 is 0 Å². The third-order valence-corrected chi connectivity index (χ3v) is 4.52. The number of nitrogens with zero attached hydrogens (tertiary/aromatic N) is 1. The minimum atomic E-state index is 0.324. The van der Waals surface area contributed by atoms with Gasteiger partial charge in [0, 0.05) is 30.1 Å². The maximum atomic E-state index is 5.99. The van der Waals surface area contributed by atoms with Crippen LogP contribution in [0.1, 0.15) is 24.4 Å². The second kappa shape index (κ2) is 5.29.